The Morgan fingerprint density at radius 2 is 1.17 bits per heavy atom. The average molecular weight is 506 g/mol. The minimum atomic E-state index is -0.953. The summed E-state index contributed by atoms with van der Waals surface area (Å²) in [4.78, 5) is 0. The van der Waals surface area contributed by atoms with E-state index in [-0.39, 0.29) is 5.92 Å². The van der Waals surface area contributed by atoms with Gasteiger partial charge in [-0.3, -0.25) is 0 Å². The first-order chi connectivity index (χ1) is 16.3. The fourth-order valence-corrected chi connectivity index (χ4v) is 6.63. The van der Waals surface area contributed by atoms with Gasteiger partial charge < -0.3 is 4.52 Å². The molecule has 0 spiro atoms. The lowest BCUT2D eigenvalue weighted by atomic mass is 10.0. The Kier molecular flexibility index (Phi) is 17.8. The van der Waals surface area contributed by atoms with Gasteiger partial charge in [-0.2, -0.15) is 5.26 Å². The van der Waals surface area contributed by atoms with E-state index in [1.165, 1.54) is 16.7 Å². The van der Waals surface area contributed by atoms with Crippen LogP contribution in [0.15, 0.2) is 34.9 Å². The molecule has 0 rings (SSSR count). The number of rotatable bonds is 17. The number of hydrogen-bond acceptors (Lipinski definition) is 4. The molecule has 0 aliphatic heterocycles. The van der Waals surface area contributed by atoms with Gasteiger partial charge >= 0.3 is 0 Å². The van der Waals surface area contributed by atoms with Crippen molar-refractivity contribution >= 4 is 8.45 Å². The summed E-state index contributed by atoms with van der Waals surface area (Å²) in [5.74, 6) is -0.126. The molecule has 0 aromatic rings. The van der Waals surface area contributed by atoms with Crippen molar-refractivity contribution in [2.24, 2.45) is 5.92 Å². The van der Waals surface area contributed by atoms with Crippen LogP contribution < -0.4 is 0 Å². The minimum Gasteiger partial charge on any atom is -0.330 e. The second-order valence-corrected chi connectivity index (χ2v) is 12.9. The molecular formula is C30H56N3OP. The molecule has 0 aliphatic carbocycles. The van der Waals surface area contributed by atoms with Crippen LogP contribution >= 0.6 is 8.45 Å². The van der Waals surface area contributed by atoms with Crippen LogP contribution in [0.2, 0.25) is 0 Å². The van der Waals surface area contributed by atoms with Crippen molar-refractivity contribution in [3.8, 4) is 6.07 Å². The van der Waals surface area contributed by atoms with E-state index in [4.69, 9.17) is 4.52 Å². The fourth-order valence-electron chi connectivity index (χ4n) is 4.23. The molecule has 0 saturated heterocycles. The quantitative estimate of drug-likeness (QED) is 0.146. The summed E-state index contributed by atoms with van der Waals surface area (Å²) in [6, 6.07) is 4.01. The van der Waals surface area contributed by atoms with E-state index < -0.39 is 8.45 Å². The van der Waals surface area contributed by atoms with Gasteiger partial charge in [0.15, 0.2) is 8.45 Å². The molecule has 0 fully saturated rings. The highest BCUT2D eigenvalue weighted by Crippen LogP contribution is 2.51. The molecule has 0 aromatic carbocycles. The third-order valence-electron chi connectivity index (χ3n) is 5.96. The summed E-state index contributed by atoms with van der Waals surface area (Å²) >= 11 is 0. The van der Waals surface area contributed by atoms with Crippen LogP contribution in [-0.4, -0.2) is 40.1 Å². The SMILES string of the molecule is CC(C)=CCCC(C)=CCCC(C)=CCC(C#N)COP(N(C(C)C)C(C)C)N(C(C)C)C(C)C. The summed E-state index contributed by atoms with van der Waals surface area (Å²) in [5, 5.41) is 9.84. The van der Waals surface area contributed by atoms with E-state index in [1.54, 1.807) is 0 Å². The topological polar surface area (TPSA) is 39.5 Å². The standard InChI is InChI=1S/C30H56N3OP/c1-23(2)15-13-16-28(11)17-14-18-29(12)19-20-30(21-31)22-34-35(32(24(3)4)25(5)6)33(26(7)8)27(9)10/h15,17,19,24-27,30H,13-14,16,18,20,22H2,1-12H3. The molecule has 5 heteroatoms. The molecule has 0 N–H and O–H groups in total. The van der Waals surface area contributed by atoms with Crippen molar-refractivity contribution < 1.29 is 4.52 Å². The highest BCUT2D eigenvalue weighted by atomic mass is 31.2. The maximum absolute atomic E-state index is 9.84. The lowest BCUT2D eigenvalue weighted by Crippen LogP contribution is -2.43. The first kappa shape index (κ1) is 34.0. The minimum absolute atomic E-state index is 0.126. The van der Waals surface area contributed by atoms with Gasteiger partial charge in [-0.15, -0.1) is 0 Å². The van der Waals surface area contributed by atoms with Crippen LogP contribution in [-0.2, 0) is 4.52 Å². The van der Waals surface area contributed by atoms with Gasteiger partial charge in [-0.25, -0.2) is 9.34 Å². The Labute approximate surface area is 220 Å². The van der Waals surface area contributed by atoms with E-state index in [2.05, 4.69) is 117 Å². The Hall–Kier alpha value is -0.980. The van der Waals surface area contributed by atoms with Crippen molar-refractivity contribution in [2.75, 3.05) is 6.61 Å². The largest absolute Gasteiger partial charge is 0.330 e. The van der Waals surface area contributed by atoms with Crippen molar-refractivity contribution in [1.29, 1.82) is 5.26 Å². The van der Waals surface area contributed by atoms with Gasteiger partial charge in [0.1, 0.15) is 0 Å². The molecule has 0 heterocycles. The average Bonchev–Trinajstić information content (AvgIpc) is 2.72. The lowest BCUT2D eigenvalue weighted by molar-refractivity contribution is 0.177. The molecule has 35 heavy (non-hydrogen) atoms. The summed E-state index contributed by atoms with van der Waals surface area (Å²) in [5.41, 5.74) is 4.21. The molecule has 0 bridgehead atoms. The van der Waals surface area contributed by atoms with Crippen LogP contribution in [0.4, 0.5) is 0 Å². The highest BCUT2D eigenvalue weighted by molar-refractivity contribution is 7.47. The van der Waals surface area contributed by atoms with Crippen LogP contribution in [0.1, 0.15) is 115 Å². The summed E-state index contributed by atoms with van der Waals surface area (Å²) in [7, 11) is -0.953. The highest BCUT2D eigenvalue weighted by Gasteiger charge is 2.34. The van der Waals surface area contributed by atoms with E-state index in [0.717, 1.165) is 32.1 Å². The first-order valence-electron chi connectivity index (χ1n) is 13.6. The zero-order valence-corrected chi connectivity index (χ0v) is 26.0. The maximum Gasteiger partial charge on any atom is 0.188 e. The molecule has 202 valence electrons. The Bertz CT molecular complexity index is 676. The van der Waals surface area contributed by atoms with E-state index in [9.17, 15) is 5.26 Å². The second kappa shape index (κ2) is 18.3. The van der Waals surface area contributed by atoms with Crippen molar-refractivity contribution in [3.05, 3.63) is 34.9 Å². The first-order valence-corrected chi connectivity index (χ1v) is 14.8. The molecule has 0 saturated carbocycles. The second-order valence-electron chi connectivity index (χ2n) is 11.2. The van der Waals surface area contributed by atoms with Crippen LogP contribution in [0.5, 0.6) is 0 Å². The van der Waals surface area contributed by atoms with Gasteiger partial charge in [0.05, 0.1) is 18.6 Å². The smallest absolute Gasteiger partial charge is 0.188 e. The Balaban J connectivity index is 5.12. The number of nitriles is 1. The third-order valence-corrected chi connectivity index (χ3v) is 8.98. The molecule has 1 atom stereocenters. The van der Waals surface area contributed by atoms with Gasteiger partial charge in [0.2, 0.25) is 0 Å². The lowest BCUT2D eigenvalue weighted by Gasteiger charge is -2.45. The Morgan fingerprint density at radius 1 is 0.743 bits per heavy atom. The third kappa shape index (κ3) is 14.4. The molecule has 0 aliphatic rings. The van der Waals surface area contributed by atoms with Crippen LogP contribution in [0.3, 0.4) is 0 Å². The van der Waals surface area contributed by atoms with Crippen molar-refractivity contribution in [3.63, 3.8) is 0 Å². The zero-order chi connectivity index (χ0) is 27.1. The van der Waals surface area contributed by atoms with Gasteiger partial charge in [0, 0.05) is 24.2 Å². The normalized spacial score (nSPS) is 14.2. The number of allylic oxidation sites excluding steroid dienone is 6. The summed E-state index contributed by atoms with van der Waals surface area (Å²) < 4.78 is 11.6. The monoisotopic (exact) mass is 505 g/mol. The molecule has 4 nitrogen and oxygen atoms in total. The van der Waals surface area contributed by atoms with E-state index >= 15 is 0 Å². The molecule has 0 radical (unpaired) electrons. The molecule has 0 aromatic heterocycles. The van der Waals surface area contributed by atoms with Crippen molar-refractivity contribution in [1.82, 2.24) is 9.34 Å². The predicted molar refractivity (Wildman–Crippen MR) is 156 cm³/mol. The molecule has 0 amide bonds. The summed E-state index contributed by atoms with van der Waals surface area (Å²) in [6.45, 7) is 27.1. The van der Waals surface area contributed by atoms with Gasteiger partial charge in [-0.05, 0) is 115 Å². The molecular weight excluding hydrogens is 449 g/mol. The zero-order valence-electron chi connectivity index (χ0n) is 25.1. The van der Waals surface area contributed by atoms with Crippen LogP contribution in [0, 0.1) is 17.2 Å². The summed E-state index contributed by atoms with van der Waals surface area (Å²) in [6.07, 6.45) is 12.1. The maximum atomic E-state index is 9.84. The van der Waals surface area contributed by atoms with E-state index in [1.807, 2.05) is 0 Å². The van der Waals surface area contributed by atoms with Crippen LogP contribution in [0.25, 0.3) is 0 Å². The predicted octanol–water partition coefficient (Wildman–Crippen LogP) is 9.42. The van der Waals surface area contributed by atoms with Crippen molar-refractivity contribution in [2.45, 2.75) is 139 Å². The Morgan fingerprint density at radius 3 is 1.57 bits per heavy atom. The molecule has 1 unspecified atom stereocenters. The fraction of sp³-hybridized carbons (Fsp3) is 0.767. The number of hydrogen-bond donors (Lipinski definition) is 0. The van der Waals surface area contributed by atoms with Gasteiger partial charge in [0.25, 0.3) is 0 Å². The van der Waals surface area contributed by atoms with E-state index in [0.29, 0.717) is 30.8 Å². The van der Waals surface area contributed by atoms with Gasteiger partial charge in [-0.1, -0.05) is 34.9 Å². The number of nitrogens with zero attached hydrogens (tertiary/aromatic N) is 3.